The van der Waals surface area contributed by atoms with Gasteiger partial charge in [0.1, 0.15) is 5.75 Å². The van der Waals surface area contributed by atoms with E-state index >= 15 is 0 Å². The van der Waals surface area contributed by atoms with E-state index < -0.39 is 11.6 Å². The van der Waals surface area contributed by atoms with E-state index in [-0.39, 0.29) is 0 Å². The SMILES string of the molecule is CCCC1CCC(C2CCCCC2CCCOc2ccc(F)c(F)c2)CC1. The molecule has 0 aromatic heterocycles. The Hall–Kier alpha value is -1.12. The number of hydrogen-bond donors (Lipinski definition) is 0. The lowest BCUT2D eigenvalue weighted by Crippen LogP contribution is -2.30. The Morgan fingerprint density at radius 1 is 0.926 bits per heavy atom. The Kier molecular flexibility index (Phi) is 7.96. The van der Waals surface area contributed by atoms with Gasteiger partial charge in [-0.05, 0) is 67.9 Å². The van der Waals surface area contributed by atoms with Crippen molar-refractivity contribution in [1.29, 1.82) is 0 Å². The topological polar surface area (TPSA) is 9.23 Å². The zero-order chi connectivity index (χ0) is 19.1. The molecule has 3 rings (SSSR count). The van der Waals surface area contributed by atoms with E-state index in [0.29, 0.717) is 12.4 Å². The van der Waals surface area contributed by atoms with Gasteiger partial charge in [-0.2, -0.15) is 0 Å². The van der Waals surface area contributed by atoms with E-state index in [4.69, 9.17) is 4.74 Å². The molecular formula is C24H36F2O. The van der Waals surface area contributed by atoms with Gasteiger partial charge in [0.15, 0.2) is 11.6 Å². The second-order valence-corrected chi connectivity index (χ2v) is 8.84. The summed E-state index contributed by atoms with van der Waals surface area (Å²) >= 11 is 0. The fraction of sp³-hybridized carbons (Fsp3) is 0.750. The summed E-state index contributed by atoms with van der Waals surface area (Å²) < 4.78 is 31.9. The molecule has 2 atom stereocenters. The van der Waals surface area contributed by atoms with Crippen molar-refractivity contribution in [3.63, 3.8) is 0 Å². The van der Waals surface area contributed by atoms with Crippen LogP contribution in [0.25, 0.3) is 0 Å². The van der Waals surface area contributed by atoms with Gasteiger partial charge in [-0.3, -0.25) is 0 Å². The minimum absolute atomic E-state index is 0.434. The summed E-state index contributed by atoms with van der Waals surface area (Å²) in [5.41, 5.74) is 0. The van der Waals surface area contributed by atoms with Crippen LogP contribution in [0.1, 0.15) is 84.0 Å². The molecule has 0 aliphatic heterocycles. The van der Waals surface area contributed by atoms with Crippen LogP contribution in [-0.2, 0) is 0 Å². The second-order valence-electron chi connectivity index (χ2n) is 8.84. The van der Waals surface area contributed by atoms with Crippen molar-refractivity contribution in [2.24, 2.45) is 23.7 Å². The summed E-state index contributed by atoms with van der Waals surface area (Å²) in [4.78, 5) is 0. The molecule has 0 radical (unpaired) electrons. The normalized spacial score (nSPS) is 28.9. The quantitative estimate of drug-likeness (QED) is 0.425. The summed E-state index contributed by atoms with van der Waals surface area (Å²) in [5, 5.41) is 0. The maximum Gasteiger partial charge on any atom is 0.162 e. The lowest BCUT2D eigenvalue weighted by molar-refractivity contribution is 0.101. The minimum atomic E-state index is -0.835. The molecule has 2 saturated carbocycles. The van der Waals surface area contributed by atoms with Gasteiger partial charge in [-0.15, -0.1) is 0 Å². The van der Waals surface area contributed by atoms with Crippen LogP contribution >= 0.6 is 0 Å². The van der Waals surface area contributed by atoms with Crippen molar-refractivity contribution >= 4 is 0 Å². The molecule has 2 fully saturated rings. The van der Waals surface area contributed by atoms with Gasteiger partial charge in [-0.1, -0.05) is 51.9 Å². The Labute approximate surface area is 163 Å². The third-order valence-corrected chi connectivity index (χ3v) is 7.04. The number of hydrogen-bond acceptors (Lipinski definition) is 1. The van der Waals surface area contributed by atoms with Crippen molar-refractivity contribution < 1.29 is 13.5 Å². The monoisotopic (exact) mass is 378 g/mol. The Balaban J connectivity index is 1.43. The van der Waals surface area contributed by atoms with Crippen LogP contribution < -0.4 is 4.74 Å². The van der Waals surface area contributed by atoms with Gasteiger partial charge in [0, 0.05) is 6.07 Å². The maximum atomic E-state index is 13.3. The van der Waals surface area contributed by atoms with Gasteiger partial charge in [-0.25, -0.2) is 8.78 Å². The van der Waals surface area contributed by atoms with Crippen LogP contribution in [0.2, 0.25) is 0 Å². The zero-order valence-corrected chi connectivity index (χ0v) is 16.9. The smallest absolute Gasteiger partial charge is 0.162 e. The average molecular weight is 379 g/mol. The first kappa shape index (κ1) is 20.6. The molecule has 1 aromatic carbocycles. The number of benzene rings is 1. The van der Waals surface area contributed by atoms with Gasteiger partial charge in [0.2, 0.25) is 0 Å². The highest BCUT2D eigenvalue weighted by Crippen LogP contribution is 2.44. The summed E-state index contributed by atoms with van der Waals surface area (Å²) in [6.45, 7) is 2.91. The zero-order valence-electron chi connectivity index (χ0n) is 16.9. The lowest BCUT2D eigenvalue weighted by atomic mass is 9.65. The summed E-state index contributed by atoms with van der Waals surface area (Å²) in [5.74, 6) is 2.45. The molecule has 2 aliphatic rings. The van der Waals surface area contributed by atoms with E-state index in [1.807, 2.05) is 0 Å². The largest absolute Gasteiger partial charge is 0.493 e. The lowest BCUT2D eigenvalue weighted by Gasteiger charge is -2.41. The van der Waals surface area contributed by atoms with Gasteiger partial charge in [0.25, 0.3) is 0 Å². The molecule has 27 heavy (non-hydrogen) atoms. The standard InChI is InChI=1S/C24H36F2O/c1-2-6-18-10-12-20(13-11-18)22-9-4-3-7-19(22)8-5-16-27-21-14-15-23(25)24(26)17-21/h14-15,17-20,22H,2-13,16H2,1H3. The fourth-order valence-corrected chi connectivity index (χ4v) is 5.63. The van der Waals surface area contributed by atoms with Crippen molar-refractivity contribution in [2.75, 3.05) is 6.61 Å². The van der Waals surface area contributed by atoms with Crippen LogP contribution in [0.4, 0.5) is 8.78 Å². The molecule has 2 unspecified atom stereocenters. The van der Waals surface area contributed by atoms with Crippen molar-refractivity contribution in [3.05, 3.63) is 29.8 Å². The van der Waals surface area contributed by atoms with Crippen LogP contribution in [0.5, 0.6) is 5.75 Å². The summed E-state index contributed by atoms with van der Waals surface area (Å²) in [7, 11) is 0. The highest BCUT2D eigenvalue weighted by molar-refractivity contribution is 5.23. The fourth-order valence-electron chi connectivity index (χ4n) is 5.63. The molecule has 0 saturated heterocycles. The van der Waals surface area contributed by atoms with E-state index in [1.165, 1.54) is 76.7 Å². The van der Waals surface area contributed by atoms with Crippen LogP contribution in [-0.4, -0.2) is 6.61 Å². The Bertz CT molecular complexity index is 565. The average Bonchev–Trinajstić information content (AvgIpc) is 2.69. The maximum absolute atomic E-state index is 13.3. The van der Waals surface area contributed by atoms with Crippen molar-refractivity contribution in [2.45, 2.75) is 84.0 Å². The first-order valence-electron chi connectivity index (χ1n) is 11.2. The third-order valence-electron chi connectivity index (χ3n) is 7.04. The van der Waals surface area contributed by atoms with E-state index in [1.54, 1.807) is 0 Å². The first-order chi connectivity index (χ1) is 13.2. The molecule has 0 spiro atoms. The number of ether oxygens (including phenoxy) is 1. The molecule has 152 valence electrons. The predicted octanol–water partition coefficient (Wildman–Crippen LogP) is 7.54. The highest BCUT2D eigenvalue weighted by Gasteiger charge is 2.33. The number of rotatable bonds is 8. The second kappa shape index (κ2) is 10.4. The van der Waals surface area contributed by atoms with Crippen LogP contribution in [0, 0.1) is 35.3 Å². The van der Waals surface area contributed by atoms with Gasteiger partial charge >= 0.3 is 0 Å². The molecule has 0 amide bonds. The molecule has 0 N–H and O–H groups in total. The van der Waals surface area contributed by atoms with Crippen molar-refractivity contribution in [1.82, 2.24) is 0 Å². The Morgan fingerprint density at radius 2 is 1.70 bits per heavy atom. The van der Waals surface area contributed by atoms with Crippen LogP contribution in [0.15, 0.2) is 18.2 Å². The minimum Gasteiger partial charge on any atom is -0.493 e. The van der Waals surface area contributed by atoms with Crippen molar-refractivity contribution in [3.8, 4) is 5.75 Å². The third kappa shape index (κ3) is 5.93. The highest BCUT2D eigenvalue weighted by atomic mass is 19.2. The number of halogens is 2. The molecule has 0 bridgehead atoms. The molecule has 1 aromatic rings. The molecule has 3 heteroatoms. The van der Waals surface area contributed by atoms with Crippen LogP contribution in [0.3, 0.4) is 0 Å². The van der Waals surface area contributed by atoms with E-state index in [0.717, 1.165) is 42.2 Å². The summed E-state index contributed by atoms with van der Waals surface area (Å²) in [6.07, 6.45) is 16.3. The molecule has 2 aliphatic carbocycles. The summed E-state index contributed by atoms with van der Waals surface area (Å²) in [6, 6.07) is 3.79. The molecule has 0 heterocycles. The molecule has 1 nitrogen and oxygen atoms in total. The Morgan fingerprint density at radius 3 is 2.44 bits per heavy atom. The van der Waals surface area contributed by atoms with Gasteiger partial charge in [0.05, 0.1) is 6.61 Å². The molecular weight excluding hydrogens is 342 g/mol. The van der Waals surface area contributed by atoms with E-state index in [2.05, 4.69) is 6.92 Å². The van der Waals surface area contributed by atoms with Gasteiger partial charge < -0.3 is 4.74 Å². The predicted molar refractivity (Wildman–Crippen MR) is 107 cm³/mol. The van der Waals surface area contributed by atoms with E-state index in [9.17, 15) is 8.78 Å². The first-order valence-corrected chi connectivity index (χ1v) is 11.2.